The number of ether oxygens (including phenoxy) is 2. The second-order valence-electron chi connectivity index (χ2n) is 4.21. The maximum atomic E-state index is 9.88. The molecule has 0 aliphatic carbocycles. The van der Waals surface area contributed by atoms with Crippen molar-refractivity contribution in [2.45, 2.75) is 6.92 Å². The van der Waals surface area contributed by atoms with Gasteiger partial charge in [-0.25, -0.2) is 4.68 Å². The van der Waals surface area contributed by atoms with Gasteiger partial charge in [0.25, 0.3) is 0 Å². The number of rotatable bonds is 4. The number of aromatic hydroxyl groups is 1. The molecule has 7 heteroatoms. The first kappa shape index (κ1) is 15.1. The van der Waals surface area contributed by atoms with E-state index >= 15 is 0 Å². The Morgan fingerprint density at radius 1 is 1.24 bits per heavy atom. The quantitative estimate of drug-likeness (QED) is 0.878. The second kappa shape index (κ2) is 6.45. The van der Waals surface area contributed by atoms with Gasteiger partial charge >= 0.3 is 0 Å². The molecule has 2 aromatic rings. The highest BCUT2D eigenvalue weighted by molar-refractivity contribution is 7.07. The molecule has 112 valence electrons. The number of thiazole rings is 1. The first-order chi connectivity index (χ1) is 10.1. The first-order valence-electron chi connectivity index (χ1n) is 6.20. The summed E-state index contributed by atoms with van der Waals surface area (Å²) < 4.78 is 12.0. The maximum absolute atomic E-state index is 9.88. The Balaban J connectivity index is 2.44. The molecule has 1 aromatic carbocycles. The van der Waals surface area contributed by atoms with Crippen LogP contribution in [0.2, 0.25) is 0 Å². The van der Waals surface area contributed by atoms with E-state index in [9.17, 15) is 5.11 Å². The molecule has 6 nitrogen and oxygen atoms in total. The number of aryl methyl sites for hydroxylation is 1. The van der Waals surface area contributed by atoms with Crippen molar-refractivity contribution in [1.29, 1.82) is 0 Å². The third kappa shape index (κ3) is 3.08. The van der Waals surface area contributed by atoms with Crippen LogP contribution >= 0.6 is 11.3 Å². The topological polar surface area (TPSA) is 68.3 Å². The van der Waals surface area contributed by atoms with Gasteiger partial charge in [0.15, 0.2) is 11.5 Å². The second-order valence-corrected chi connectivity index (χ2v) is 5.05. The summed E-state index contributed by atoms with van der Waals surface area (Å²) in [5.41, 5.74) is 1.75. The SMILES string of the molecule is CN=c1scc(C)n1N=Cc1cc(OC)c(O)c(OC)c1. The summed E-state index contributed by atoms with van der Waals surface area (Å²) in [6, 6.07) is 3.37. The zero-order valence-electron chi connectivity index (χ0n) is 12.3. The van der Waals surface area contributed by atoms with Crippen molar-refractivity contribution in [3.8, 4) is 17.2 Å². The zero-order chi connectivity index (χ0) is 15.4. The molecule has 0 spiro atoms. The Bertz CT molecular complexity index is 706. The third-order valence-corrected chi connectivity index (χ3v) is 3.89. The molecule has 2 rings (SSSR count). The van der Waals surface area contributed by atoms with Crippen LogP contribution in [0.25, 0.3) is 0 Å². The average molecular weight is 307 g/mol. The highest BCUT2D eigenvalue weighted by atomic mass is 32.1. The third-order valence-electron chi connectivity index (χ3n) is 2.87. The van der Waals surface area contributed by atoms with E-state index in [1.165, 1.54) is 25.6 Å². The van der Waals surface area contributed by atoms with Gasteiger partial charge in [-0.15, -0.1) is 11.3 Å². The first-order valence-corrected chi connectivity index (χ1v) is 7.08. The predicted octanol–water partition coefficient (Wildman–Crippen LogP) is 1.99. The van der Waals surface area contributed by atoms with Crippen LogP contribution in [0.5, 0.6) is 17.2 Å². The summed E-state index contributed by atoms with van der Waals surface area (Å²) in [6.07, 6.45) is 1.67. The molecule has 1 N–H and O–H groups in total. The summed E-state index contributed by atoms with van der Waals surface area (Å²) in [5, 5.41) is 16.3. The molecule has 0 unspecified atom stereocenters. The average Bonchev–Trinajstić information content (AvgIpc) is 2.86. The van der Waals surface area contributed by atoms with Gasteiger partial charge in [0.2, 0.25) is 10.6 Å². The van der Waals surface area contributed by atoms with Gasteiger partial charge in [-0.2, -0.15) is 5.10 Å². The van der Waals surface area contributed by atoms with Crippen LogP contribution < -0.4 is 14.3 Å². The molecule has 1 heterocycles. The maximum Gasteiger partial charge on any atom is 0.205 e. The molecule has 0 radical (unpaired) electrons. The largest absolute Gasteiger partial charge is 0.502 e. The summed E-state index contributed by atoms with van der Waals surface area (Å²) in [6.45, 7) is 1.96. The van der Waals surface area contributed by atoms with Crippen LogP contribution in [-0.4, -0.2) is 37.3 Å². The summed E-state index contributed by atoms with van der Waals surface area (Å²) in [7, 11) is 4.70. The van der Waals surface area contributed by atoms with Crippen LogP contribution in [0.15, 0.2) is 27.6 Å². The molecule has 0 saturated carbocycles. The highest BCUT2D eigenvalue weighted by Gasteiger charge is 2.10. The van der Waals surface area contributed by atoms with E-state index in [0.717, 1.165) is 16.1 Å². The monoisotopic (exact) mass is 307 g/mol. The number of phenols is 1. The number of hydrogen-bond acceptors (Lipinski definition) is 6. The van der Waals surface area contributed by atoms with Crippen molar-refractivity contribution >= 4 is 17.6 Å². The van der Waals surface area contributed by atoms with Crippen molar-refractivity contribution in [3.05, 3.63) is 33.6 Å². The molecule has 0 aliphatic heterocycles. The van der Waals surface area contributed by atoms with E-state index in [-0.39, 0.29) is 5.75 Å². The van der Waals surface area contributed by atoms with Crippen LogP contribution in [0.4, 0.5) is 0 Å². The Hall–Kier alpha value is -2.28. The van der Waals surface area contributed by atoms with E-state index in [0.29, 0.717) is 11.5 Å². The normalized spacial score (nSPS) is 12.1. The lowest BCUT2D eigenvalue weighted by atomic mass is 10.2. The fourth-order valence-electron chi connectivity index (χ4n) is 1.79. The van der Waals surface area contributed by atoms with E-state index < -0.39 is 0 Å². The molecule has 0 atom stereocenters. The van der Waals surface area contributed by atoms with Crippen LogP contribution in [0, 0.1) is 6.92 Å². The lowest BCUT2D eigenvalue weighted by molar-refractivity contribution is 0.340. The van der Waals surface area contributed by atoms with E-state index in [1.54, 1.807) is 30.1 Å². The van der Waals surface area contributed by atoms with Gasteiger partial charge < -0.3 is 14.6 Å². The van der Waals surface area contributed by atoms with Gasteiger partial charge in [0.1, 0.15) is 0 Å². The van der Waals surface area contributed by atoms with Crippen LogP contribution in [0.1, 0.15) is 11.3 Å². The number of hydrogen-bond donors (Lipinski definition) is 1. The fraction of sp³-hybridized carbons (Fsp3) is 0.286. The summed E-state index contributed by atoms with van der Waals surface area (Å²) in [4.78, 5) is 4.97. The van der Waals surface area contributed by atoms with E-state index in [2.05, 4.69) is 10.1 Å². The number of nitrogens with zero attached hydrogens (tertiary/aromatic N) is 3. The van der Waals surface area contributed by atoms with Gasteiger partial charge in [-0.3, -0.25) is 4.99 Å². The van der Waals surface area contributed by atoms with Gasteiger partial charge in [0, 0.05) is 18.0 Å². The van der Waals surface area contributed by atoms with Crippen molar-refractivity contribution in [2.75, 3.05) is 21.3 Å². The smallest absolute Gasteiger partial charge is 0.205 e. The lowest BCUT2D eigenvalue weighted by Gasteiger charge is -2.09. The van der Waals surface area contributed by atoms with Crippen molar-refractivity contribution in [3.63, 3.8) is 0 Å². The molecule has 0 bridgehead atoms. The summed E-state index contributed by atoms with van der Waals surface area (Å²) in [5.74, 6) is 0.646. The minimum atomic E-state index is -0.0271. The number of phenolic OH excluding ortho intramolecular Hbond substituents is 1. The zero-order valence-corrected chi connectivity index (χ0v) is 13.1. The molecular weight excluding hydrogens is 290 g/mol. The molecule has 0 saturated heterocycles. The number of benzene rings is 1. The van der Waals surface area contributed by atoms with Gasteiger partial charge in [-0.05, 0) is 19.1 Å². The Morgan fingerprint density at radius 2 is 1.86 bits per heavy atom. The van der Waals surface area contributed by atoms with Crippen molar-refractivity contribution in [1.82, 2.24) is 4.68 Å². The van der Waals surface area contributed by atoms with Crippen LogP contribution in [0.3, 0.4) is 0 Å². The minimum absolute atomic E-state index is 0.0271. The Kier molecular flexibility index (Phi) is 4.64. The minimum Gasteiger partial charge on any atom is -0.502 e. The molecule has 1 aromatic heterocycles. The van der Waals surface area contributed by atoms with Crippen molar-refractivity contribution in [2.24, 2.45) is 10.1 Å². The van der Waals surface area contributed by atoms with Gasteiger partial charge in [-0.1, -0.05) is 0 Å². The van der Waals surface area contributed by atoms with Crippen molar-refractivity contribution < 1.29 is 14.6 Å². The highest BCUT2D eigenvalue weighted by Crippen LogP contribution is 2.36. The fourth-order valence-corrected chi connectivity index (χ4v) is 2.56. The van der Waals surface area contributed by atoms with Crippen LogP contribution in [-0.2, 0) is 0 Å². The molecule has 0 aliphatic rings. The van der Waals surface area contributed by atoms with E-state index in [1.807, 2.05) is 12.3 Å². The Labute approximate surface area is 126 Å². The lowest BCUT2D eigenvalue weighted by Crippen LogP contribution is -2.11. The predicted molar refractivity (Wildman–Crippen MR) is 82.7 cm³/mol. The number of methoxy groups -OCH3 is 2. The molecule has 0 amide bonds. The standard InChI is InChI=1S/C14H17N3O3S/c1-9-8-21-14(15-2)17(9)16-7-10-5-11(19-3)13(18)12(6-10)20-4/h5-8,18H,1-4H3. The molecular formula is C14H17N3O3S. The summed E-state index contributed by atoms with van der Waals surface area (Å²) >= 11 is 1.52. The number of aromatic nitrogens is 1. The Morgan fingerprint density at radius 3 is 2.38 bits per heavy atom. The van der Waals surface area contributed by atoms with Gasteiger partial charge in [0.05, 0.1) is 26.1 Å². The molecule has 0 fully saturated rings. The van der Waals surface area contributed by atoms with E-state index in [4.69, 9.17) is 9.47 Å². The molecule has 21 heavy (non-hydrogen) atoms.